The summed E-state index contributed by atoms with van der Waals surface area (Å²) in [5.41, 5.74) is 3.94. The topological polar surface area (TPSA) is 26.3 Å². The second kappa shape index (κ2) is 6.66. The fraction of sp³-hybridized carbons (Fsp3) is 0.421. The smallest absolute Gasteiger partial charge is 0.169 e. The van der Waals surface area contributed by atoms with Gasteiger partial charge in [0.15, 0.2) is 5.78 Å². The molecule has 3 rings (SSSR count). The molecule has 0 fully saturated rings. The maximum Gasteiger partial charge on any atom is 0.169 e. The van der Waals surface area contributed by atoms with Crippen molar-refractivity contribution < 1.29 is 9.53 Å². The second-order valence-electron chi connectivity index (χ2n) is 5.90. The molecule has 1 aliphatic carbocycles. The number of rotatable bonds is 6. The van der Waals surface area contributed by atoms with Crippen LogP contribution >= 0.6 is 11.3 Å². The summed E-state index contributed by atoms with van der Waals surface area (Å²) in [6.45, 7) is 4.64. The van der Waals surface area contributed by atoms with Gasteiger partial charge in [-0.05, 0) is 67.1 Å². The number of carbonyl (C=O) groups excluding carboxylic acids is 1. The molecule has 22 heavy (non-hydrogen) atoms. The molecule has 0 aliphatic heterocycles. The Bertz CT molecular complexity index is 685. The average molecular weight is 314 g/mol. The molecule has 0 atom stereocenters. The van der Waals surface area contributed by atoms with Crippen molar-refractivity contribution in [3.8, 4) is 16.2 Å². The number of fused-ring (bicyclic) bond motifs is 3. The Hall–Kier alpha value is -1.61. The van der Waals surface area contributed by atoms with E-state index in [9.17, 15) is 4.79 Å². The summed E-state index contributed by atoms with van der Waals surface area (Å²) in [6.07, 6.45) is 5.60. The van der Waals surface area contributed by atoms with E-state index in [4.69, 9.17) is 4.74 Å². The number of ketones is 1. The van der Waals surface area contributed by atoms with Gasteiger partial charge in [-0.1, -0.05) is 19.8 Å². The van der Waals surface area contributed by atoms with E-state index in [-0.39, 0.29) is 5.78 Å². The van der Waals surface area contributed by atoms with Gasteiger partial charge in [0.2, 0.25) is 0 Å². The van der Waals surface area contributed by atoms with Gasteiger partial charge < -0.3 is 4.74 Å². The summed E-state index contributed by atoms with van der Waals surface area (Å²) in [6, 6.07) is 8.47. The van der Waals surface area contributed by atoms with Crippen LogP contribution in [-0.4, -0.2) is 12.4 Å². The molecule has 2 aromatic rings. The molecule has 1 aliphatic rings. The normalized spacial score (nSPS) is 12.6. The first-order chi connectivity index (χ1) is 10.7. The Kier molecular flexibility index (Phi) is 4.63. The van der Waals surface area contributed by atoms with Gasteiger partial charge in [0.05, 0.1) is 11.5 Å². The van der Waals surface area contributed by atoms with Crippen molar-refractivity contribution in [3.63, 3.8) is 0 Å². The van der Waals surface area contributed by atoms with E-state index < -0.39 is 0 Å². The molecule has 116 valence electrons. The van der Waals surface area contributed by atoms with Crippen molar-refractivity contribution in [1.82, 2.24) is 0 Å². The van der Waals surface area contributed by atoms with Crippen LogP contribution in [0.1, 0.15) is 53.9 Å². The Morgan fingerprint density at radius 2 is 2.00 bits per heavy atom. The van der Waals surface area contributed by atoms with Crippen LogP contribution in [-0.2, 0) is 12.8 Å². The maximum absolute atomic E-state index is 11.6. The molecular formula is C19H22O2S. The van der Waals surface area contributed by atoms with Crippen LogP contribution in [0.15, 0.2) is 24.3 Å². The van der Waals surface area contributed by atoms with E-state index >= 15 is 0 Å². The molecule has 0 N–H and O–H groups in total. The quantitative estimate of drug-likeness (QED) is 0.535. The lowest BCUT2D eigenvalue weighted by atomic mass is 9.91. The van der Waals surface area contributed by atoms with Gasteiger partial charge in [-0.15, -0.1) is 11.3 Å². The van der Waals surface area contributed by atoms with Crippen molar-refractivity contribution in [3.05, 3.63) is 40.3 Å². The van der Waals surface area contributed by atoms with E-state index in [0.717, 1.165) is 36.5 Å². The monoisotopic (exact) mass is 314 g/mol. The summed E-state index contributed by atoms with van der Waals surface area (Å²) in [5.74, 6) is 1.14. The Labute approximate surface area is 136 Å². The highest BCUT2D eigenvalue weighted by atomic mass is 32.1. The molecule has 0 bridgehead atoms. The molecule has 0 spiro atoms. The molecule has 1 aromatic heterocycles. The van der Waals surface area contributed by atoms with Gasteiger partial charge in [0.1, 0.15) is 5.75 Å². The van der Waals surface area contributed by atoms with Crippen LogP contribution in [0.4, 0.5) is 0 Å². The zero-order valence-corrected chi connectivity index (χ0v) is 14.1. The number of hydrogen-bond acceptors (Lipinski definition) is 3. The summed E-state index contributed by atoms with van der Waals surface area (Å²) in [4.78, 5) is 13.7. The summed E-state index contributed by atoms with van der Waals surface area (Å²) in [7, 11) is 0. The van der Waals surface area contributed by atoms with Crippen molar-refractivity contribution >= 4 is 17.1 Å². The van der Waals surface area contributed by atoms with Gasteiger partial charge in [0.25, 0.3) is 0 Å². The number of carbonyl (C=O) groups is 1. The number of thiophene rings is 1. The zero-order chi connectivity index (χ0) is 15.5. The molecule has 0 saturated carbocycles. The molecule has 1 heterocycles. The third-order valence-corrected chi connectivity index (χ3v) is 5.47. The molecule has 1 aromatic carbocycles. The number of benzene rings is 1. The van der Waals surface area contributed by atoms with Gasteiger partial charge >= 0.3 is 0 Å². The van der Waals surface area contributed by atoms with Crippen LogP contribution < -0.4 is 4.74 Å². The number of hydrogen-bond donors (Lipinski definition) is 0. The molecule has 0 amide bonds. The maximum atomic E-state index is 11.6. The minimum atomic E-state index is 0.164. The van der Waals surface area contributed by atoms with E-state index in [1.54, 1.807) is 18.3 Å². The van der Waals surface area contributed by atoms with Crippen molar-refractivity contribution in [1.29, 1.82) is 0 Å². The first-order valence-electron chi connectivity index (χ1n) is 8.08. The fourth-order valence-corrected chi connectivity index (χ4v) is 4.08. The van der Waals surface area contributed by atoms with Crippen molar-refractivity contribution in [2.75, 3.05) is 6.61 Å². The number of Topliss-reactive ketones (excluding diaryl/α,β-unsaturated/α-hetero) is 1. The van der Waals surface area contributed by atoms with Gasteiger partial charge in [0, 0.05) is 4.88 Å². The summed E-state index contributed by atoms with van der Waals surface area (Å²) in [5, 5.41) is 0. The molecular weight excluding hydrogens is 292 g/mol. The lowest BCUT2D eigenvalue weighted by Crippen LogP contribution is -2.03. The molecule has 0 radical (unpaired) electrons. The molecule has 0 unspecified atom stereocenters. The second-order valence-corrected chi connectivity index (χ2v) is 6.95. The standard InChI is InChI=1S/C19H22O2S/c1-3-4-5-10-21-16-8-9-17-14(11-16)6-7-15-12-18(13(2)20)22-19(15)17/h8-9,11-12H,3-7,10H2,1-2H3. The number of ether oxygens (including phenoxy) is 1. The van der Waals surface area contributed by atoms with Crippen LogP contribution in [0.5, 0.6) is 5.75 Å². The predicted molar refractivity (Wildman–Crippen MR) is 92.2 cm³/mol. The molecule has 0 saturated heterocycles. The highest BCUT2D eigenvalue weighted by Gasteiger charge is 2.20. The SMILES string of the molecule is CCCCCOc1ccc2c(c1)CCc1cc(C(C)=O)sc1-2. The Morgan fingerprint density at radius 3 is 2.77 bits per heavy atom. The lowest BCUT2D eigenvalue weighted by molar-refractivity contribution is 0.102. The van der Waals surface area contributed by atoms with E-state index in [1.165, 1.54) is 34.4 Å². The van der Waals surface area contributed by atoms with Crippen molar-refractivity contribution in [2.45, 2.75) is 46.0 Å². The largest absolute Gasteiger partial charge is 0.494 e. The summed E-state index contributed by atoms with van der Waals surface area (Å²) < 4.78 is 5.85. The van der Waals surface area contributed by atoms with E-state index in [0.29, 0.717) is 0 Å². The predicted octanol–water partition coefficient (Wildman–Crippen LogP) is 5.29. The van der Waals surface area contributed by atoms with Crippen LogP contribution in [0.2, 0.25) is 0 Å². The van der Waals surface area contributed by atoms with Gasteiger partial charge in [-0.25, -0.2) is 0 Å². The van der Waals surface area contributed by atoms with E-state index in [2.05, 4.69) is 31.2 Å². The third-order valence-electron chi connectivity index (χ3n) is 4.16. The first kappa shape index (κ1) is 15.3. The molecule has 2 nitrogen and oxygen atoms in total. The average Bonchev–Trinajstić information content (AvgIpc) is 2.96. The van der Waals surface area contributed by atoms with Crippen LogP contribution in [0.3, 0.4) is 0 Å². The van der Waals surface area contributed by atoms with E-state index in [1.807, 2.05) is 0 Å². The summed E-state index contributed by atoms with van der Waals surface area (Å²) >= 11 is 1.63. The highest BCUT2D eigenvalue weighted by Crippen LogP contribution is 2.40. The first-order valence-corrected chi connectivity index (χ1v) is 8.90. The number of unbranched alkanes of at least 4 members (excludes halogenated alkanes) is 2. The van der Waals surface area contributed by atoms with Crippen LogP contribution in [0, 0.1) is 0 Å². The van der Waals surface area contributed by atoms with Gasteiger partial charge in [-0.2, -0.15) is 0 Å². The minimum absolute atomic E-state index is 0.164. The van der Waals surface area contributed by atoms with Crippen molar-refractivity contribution in [2.24, 2.45) is 0 Å². The fourth-order valence-electron chi connectivity index (χ4n) is 2.92. The number of aryl methyl sites for hydroxylation is 2. The highest BCUT2D eigenvalue weighted by molar-refractivity contribution is 7.17. The molecule has 3 heteroatoms. The zero-order valence-electron chi connectivity index (χ0n) is 13.3. The lowest BCUT2D eigenvalue weighted by Gasteiger charge is -2.17. The Morgan fingerprint density at radius 1 is 1.18 bits per heavy atom. The van der Waals surface area contributed by atoms with Crippen LogP contribution in [0.25, 0.3) is 10.4 Å². The minimum Gasteiger partial charge on any atom is -0.494 e. The Balaban J connectivity index is 1.80. The third kappa shape index (κ3) is 3.09. The van der Waals surface area contributed by atoms with Gasteiger partial charge in [-0.3, -0.25) is 4.79 Å².